The normalized spacial score (nSPS) is 13.6. The largest absolute Gasteiger partial charge is 0.416 e. The Kier molecular flexibility index (Phi) is 5.68. The van der Waals surface area contributed by atoms with Crippen molar-refractivity contribution < 1.29 is 14.5 Å². The monoisotopic (exact) mass is 346 g/mol. The lowest BCUT2D eigenvalue weighted by atomic mass is 9.94. The van der Waals surface area contributed by atoms with E-state index in [0.29, 0.717) is 11.6 Å². The molecule has 2 atom stereocenters. The molecular weight excluding hydrogens is 331 g/mol. The highest BCUT2D eigenvalue weighted by molar-refractivity contribution is 6.22. The summed E-state index contributed by atoms with van der Waals surface area (Å²) in [5.74, 6) is -0.564. The van der Waals surface area contributed by atoms with Gasteiger partial charge in [-0.2, -0.15) is 9.46 Å². The quantitative estimate of drug-likeness (QED) is 0.669. The molecule has 0 aromatic carbocycles. The minimum absolute atomic E-state index is 0.0558. The van der Waals surface area contributed by atoms with Gasteiger partial charge in [-0.3, -0.25) is 4.79 Å². The highest BCUT2D eigenvalue weighted by Crippen LogP contribution is 2.27. The average Bonchev–Trinajstić information content (AvgIpc) is 3.18. The zero-order chi connectivity index (χ0) is 16.1. The smallest absolute Gasteiger partial charge is 0.156 e. The third-order valence-electron chi connectivity index (χ3n) is 3.28. The summed E-state index contributed by atoms with van der Waals surface area (Å²) in [4.78, 5) is 31.4. The highest BCUT2D eigenvalue weighted by Gasteiger charge is 2.34. The number of ketones is 1. The maximum Gasteiger partial charge on any atom is 0.156 e. The third kappa shape index (κ3) is 3.05. The lowest BCUT2D eigenvalue weighted by Gasteiger charge is -2.19. The Balaban J connectivity index is 2.34. The standard InChI is InChI=1S/C13H16Cl2N4O3/c1-21-18-5-3-16-12(18)9(7-14)11(20)10(8-15)13-17-4-6-19(13)22-2/h3-6,9-10H,7-8H2,1-2H3. The second kappa shape index (κ2) is 7.51. The van der Waals surface area contributed by atoms with Crippen molar-refractivity contribution in [2.24, 2.45) is 0 Å². The number of carbonyl (C=O) groups excluding carboxylic acids is 1. The Hall–Kier alpha value is -1.73. The van der Waals surface area contributed by atoms with E-state index >= 15 is 0 Å². The fourth-order valence-corrected chi connectivity index (χ4v) is 2.77. The molecule has 2 unspecified atom stereocenters. The number of imidazole rings is 2. The number of hydrogen-bond acceptors (Lipinski definition) is 5. The molecule has 0 saturated heterocycles. The van der Waals surface area contributed by atoms with E-state index in [4.69, 9.17) is 32.9 Å². The van der Waals surface area contributed by atoms with Gasteiger partial charge in [0.25, 0.3) is 0 Å². The van der Waals surface area contributed by atoms with Gasteiger partial charge in [-0.25, -0.2) is 9.97 Å². The minimum Gasteiger partial charge on any atom is -0.416 e. The van der Waals surface area contributed by atoms with Gasteiger partial charge in [0.15, 0.2) is 17.4 Å². The lowest BCUT2D eigenvalue weighted by molar-refractivity contribution is -0.121. The summed E-state index contributed by atoms with van der Waals surface area (Å²) < 4.78 is 2.80. The first kappa shape index (κ1) is 16.6. The van der Waals surface area contributed by atoms with Crippen molar-refractivity contribution in [1.29, 1.82) is 0 Å². The molecule has 0 aliphatic carbocycles. The second-order valence-electron chi connectivity index (χ2n) is 4.40. The number of halogens is 2. The van der Waals surface area contributed by atoms with Crippen LogP contribution in [-0.4, -0.2) is 51.2 Å². The van der Waals surface area contributed by atoms with E-state index in [1.54, 1.807) is 12.4 Å². The predicted octanol–water partition coefficient (Wildman–Crippen LogP) is 1.11. The van der Waals surface area contributed by atoms with Crippen molar-refractivity contribution >= 4 is 29.0 Å². The van der Waals surface area contributed by atoms with Crippen molar-refractivity contribution in [3.05, 3.63) is 36.4 Å². The molecule has 2 heterocycles. The highest BCUT2D eigenvalue weighted by atomic mass is 35.5. The zero-order valence-corrected chi connectivity index (χ0v) is 13.7. The van der Waals surface area contributed by atoms with E-state index in [0.717, 1.165) is 0 Å². The topological polar surface area (TPSA) is 71.2 Å². The Bertz CT molecular complexity index is 576. The Labute approximate surface area is 137 Å². The molecule has 0 bridgehead atoms. The van der Waals surface area contributed by atoms with E-state index in [-0.39, 0.29) is 17.5 Å². The summed E-state index contributed by atoms with van der Waals surface area (Å²) in [7, 11) is 2.97. The fourth-order valence-electron chi connectivity index (χ4n) is 2.19. The summed E-state index contributed by atoms with van der Waals surface area (Å²) in [6.07, 6.45) is 6.29. The first-order chi connectivity index (χ1) is 10.7. The number of aromatic nitrogens is 4. The van der Waals surface area contributed by atoms with Crippen LogP contribution in [0.25, 0.3) is 0 Å². The SMILES string of the molecule is COn1ccnc1C(CCl)C(=O)C(CCl)c1nccn1OC. The molecular formula is C13H16Cl2N4O3. The summed E-state index contributed by atoms with van der Waals surface area (Å²) in [6.45, 7) is 0. The fraction of sp³-hybridized carbons (Fsp3) is 0.462. The van der Waals surface area contributed by atoms with Crippen LogP contribution in [0, 0.1) is 0 Å². The maximum atomic E-state index is 12.9. The van der Waals surface area contributed by atoms with E-state index in [1.807, 2.05) is 0 Å². The molecule has 0 aliphatic heterocycles. The van der Waals surface area contributed by atoms with Gasteiger partial charge in [0.1, 0.15) is 14.2 Å². The van der Waals surface area contributed by atoms with Gasteiger partial charge in [-0.15, -0.1) is 23.2 Å². The number of nitrogens with zero attached hydrogens (tertiary/aromatic N) is 4. The molecule has 120 valence electrons. The van der Waals surface area contributed by atoms with Crippen LogP contribution in [0.1, 0.15) is 23.5 Å². The first-order valence-corrected chi connectivity index (χ1v) is 7.55. The molecule has 7 nitrogen and oxygen atoms in total. The first-order valence-electron chi connectivity index (χ1n) is 6.49. The van der Waals surface area contributed by atoms with Gasteiger partial charge < -0.3 is 9.68 Å². The predicted molar refractivity (Wildman–Crippen MR) is 81.4 cm³/mol. The van der Waals surface area contributed by atoms with Gasteiger partial charge >= 0.3 is 0 Å². The molecule has 0 aliphatic rings. The number of rotatable bonds is 8. The Morgan fingerprint density at radius 3 is 1.77 bits per heavy atom. The second-order valence-corrected chi connectivity index (χ2v) is 5.02. The van der Waals surface area contributed by atoms with Crippen molar-refractivity contribution in [2.75, 3.05) is 26.0 Å². The minimum atomic E-state index is -0.664. The molecule has 0 spiro atoms. The van der Waals surface area contributed by atoms with E-state index in [1.165, 1.54) is 36.1 Å². The van der Waals surface area contributed by atoms with Crippen molar-refractivity contribution in [1.82, 2.24) is 19.4 Å². The van der Waals surface area contributed by atoms with Crippen LogP contribution < -0.4 is 9.68 Å². The number of carbonyl (C=O) groups is 1. The molecule has 2 rings (SSSR count). The molecule has 2 aromatic heterocycles. The van der Waals surface area contributed by atoms with Crippen LogP contribution >= 0.6 is 23.2 Å². The number of Topliss-reactive ketones (excluding diaryl/α,β-unsaturated/α-hetero) is 1. The van der Waals surface area contributed by atoms with E-state index < -0.39 is 11.8 Å². The van der Waals surface area contributed by atoms with Crippen LogP contribution in [0.2, 0.25) is 0 Å². The van der Waals surface area contributed by atoms with Gasteiger partial charge in [0, 0.05) is 24.2 Å². The van der Waals surface area contributed by atoms with Crippen LogP contribution in [0.4, 0.5) is 0 Å². The van der Waals surface area contributed by atoms with E-state index in [2.05, 4.69) is 9.97 Å². The molecule has 22 heavy (non-hydrogen) atoms. The third-order valence-corrected chi connectivity index (χ3v) is 3.90. The molecule has 9 heteroatoms. The van der Waals surface area contributed by atoms with Gasteiger partial charge in [-0.1, -0.05) is 0 Å². The molecule has 0 N–H and O–H groups in total. The Morgan fingerprint density at radius 1 is 1.05 bits per heavy atom. The molecule has 0 amide bonds. The van der Waals surface area contributed by atoms with Gasteiger partial charge in [0.2, 0.25) is 0 Å². The molecule has 0 fully saturated rings. The van der Waals surface area contributed by atoms with Crippen LogP contribution in [0.15, 0.2) is 24.8 Å². The van der Waals surface area contributed by atoms with Gasteiger partial charge in [-0.05, 0) is 0 Å². The van der Waals surface area contributed by atoms with Crippen molar-refractivity contribution in [2.45, 2.75) is 11.8 Å². The summed E-state index contributed by atoms with van der Waals surface area (Å²) in [5.41, 5.74) is 0. The molecule has 2 aromatic rings. The lowest BCUT2D eigenvalue weighted by Crippen LogP contribution is -2.29. The number of hydrogen-bond donors (Lipinski definition) is 0. The summed E-state index contributed by atoms with van der Waals surface area (Å²) in [6, 6.07) is 0. The van der Waals surface area contributed by atoms with Gasteiger partial charge in [0.05, 0.1) is 24.2 Å². The van der Waals surface area contributed by atoms with Crippen LogP contribution in [-0.2, 0) is 4.79 Å². The summed E-state index contributed by atoms with van der Waals surface area (Å²) in [5, 5.41) is 0. The van der Waals surface area contributed by atoms with Crippen molar-refractivity contribution in [3.63, 3.8) is 0 Å². The molecule has 0 saturated carbocycles. The van der Waals surface area contributed by atoms with Crippen LogP contribution in [0.3, 0.4) is 0 Å². The molecule has 0 radical (unpaired) electrons. The Morgan fingerprint density at radius 2 is 1.45 bits per heavy atom. The zero-order valence-electron chi connectivity index (χ0n) is 12.1. The van der Waals surface area contributed by atoms with Crippen LogP contribution in [0.5, 0.6) is 0 Å². The van der Waals surface area contributed by atoms with E-state index in [9.17, 15) is 4.79 Å². The number of alkyl halides is 2. The summed E-state index contributed by atoms with van der Waals surface area (Å²) >= 11 is 12.0. The maximum absolute atomic E-state index is 12.9. The average molecular weight is 347 g/mol. The van der Waals surface area contributed by atoms with Crippen molar-refractivity contribution in [3.8, 4) is 0 Å².